The van der Waals surface area contributed by atoms with Gasteiger partial charge >= 0.3 is 0 Å². The second kappa shape index (κ2) is 8.95. The predicted molar refractivity (Wildman–Crippen MR) is 136 cm³/mol. The van der Waals surface area contributed by atoms with Crippen LogP contribution in [0.1, 0.15) is 77.7 Å². The maximum atomic E-state index is 13.3. The number of ketones is 1. The number of carbonyl (C=O) groups excluding carboxylic acids is 1. The number of carbonyl (C=O) groups is 1. The monoisotopic (exact) mass is 480 g/mol. The van der Waals surface area contributed by atoms with E-state index in [-0.39, 0.29) is 29.2 Å². The molecule has 8 atom stereocenters. The van der Waals surface area contributed by atoms with Crippen LogP contribution in [-0.4, -0.2) is 16.7 Å². The number of hydrogen-bond donors (Lipinski definition) is 1. The highest BCUT2D eigenvalue weighted by molar-refractivity contribution is 5.79. The van der Waals surface area contributed by atoms with Crippen molar-refractivity contribution in [3.63, 3.8) is 0 Å². The molecule has 2 unspecified atom stereocenters. The summed E-state index contributed by atoms with van der Waals surface area (Å²) in [5.74, 6) is 1.22. The summed E-state index contributed by atoms with van der Waals surface area (Å²) in [5, 5.41) is 11.4. The number of fused-ring (bicyclic) bond motifs is 5. The lowest BCUT2D eigenvalue weighted by Crippen LogP contribution is -2.55. The molecule has 4 heteroatoms. The average molecular weight is 481 g/mol. The van der Waals surface area contributed by atoms with Gasteiger partial charge in [0.1, 0.15) is 11.6 Å². The van der Waals surface area contributed by atoms with Crippen LogP contribution in [0.2, 0.25) is 0 Å². The van der Waals surface area contributed by atoms with Gasteiger partial charge in [-0.1, -0.05) is 43.7 Å². The van der Waals surface area contributed by atoms with Crippen molar-refractivity contribution in [3.8, 4) is 0 Å². The van der Waals surface area contributed by atoms with E-state index in [1.54, 1.807) is 19.1 Å². The van der Waals surface area contributed by atoms with Crippen molar-refractivity contribution in [2.45, 2.75) is 84.5 Å². The fraction of sp³-hybridized carbons (Fsp3) is 0.645. The molecular weight excluding hydrogens is 439 g/mol. The number of aliphatic hydroxyl groups is 1. The zero-order valence-corrected chi connectivity index (χ0v) is 21.6. The van der Waals surface area contributed by atoms with Gasteiger partial charge in [0.25, 0.3) is 0 Å². The maximum absolute atomic E-state index is 13.3. The smallest absolute Gasteiger partial charge is 0.169 e. The number of ether oxygens (including phenoxy) is 1. The predicted octanol–water partition coefficient (Wildman–Crippen LogP) is 7.00. The minimum atomic E-state index is -1.19. The molecule has 0 radical (unpaired) electrons. The van der Waals surface area contributed by atoms with Crippen molar-refractivity contribution in [2.24, 2.45) is 40.4 Å². The van der Waals surface area contributed by atoms with Crippen LogP contribution in [0.4, 0.5) is 4.39 Å². The van der Waals surface area contributed by atoms with E-state index in [2.05, 4.69) is 26.5 Å². The van der Waals surface area contributed by atoms with E-state index in [0.717, 1.165) is 44.1 Å². The summed E-state index contributed by atoms with van der Waals surface area (Å²) < 4.78 is 19.3. The highest BCUT2D eigenvalue weighted by Crippen LogP contribution is 2.68. The van der Waals surface area contributed by atoms with Crippen molar-refractivity contribution >= 4 is 5.78 Å². The highest BCUT2D eigenvalue weighted by Gasteiger charge is 2.62. The van der Waals surface area contributed by atoms with Crippen LogP contribution in [0, 0.1) is 46.2 Å². The summed E-state index contributed by atoms with van der Waals surface area (Å²) in [5.41, 5.74) is 2.37. The summed E-state index contributed by atoms with van der Waals surface area (Å²) in [7, 11) is 0. The van der Waals surface area contributed by atoms with E-state index in [9.17, 15) is 14.3 Å². The number of allylic oxidation sites excluding steroid dienone is 2. The minimum absolute atomic E-state index is 0.0590. The first-order valence-electron chi connectivity index (χ1n) is 13.5. The zero-order valence-electron chi connectivity index (χ0n) is 21.6. The molecule has 0 amide bonds. The normalized spacial score (nSPS) is 42.4. The Balaban J connectivity index is 1.41. The van der Waals surface area contributed by atoms with Gasteiger partial charge in [-0.2, -0.15) is 0 Å². The van der Waals surface area contributed by atoms with Gasteiger partial charge in [-0.3, -0.25) is 4.79 Å². The SMILES string of the molecule is C=CCC1C=C2CC(O)(OCc3ccc(F)cc3)CC[C@]2(C)[C@H]2CC[C@]3(C)[C@@H](C(C)=O)CC[C@H]3[C@H]12. The minimum Gasteiger partial charge on any atom is -0.365 e. The number of hydrogen-bond acceptors (Lipinski definition) is 3. The molecule has 4 aliphatic rings. The number of rotatable bonds is 6. The number of Topliss-reactive ketones (excluding diaryl/α,β-unsaturated/α-hetero) is 1. The summed E-state index contributed by atoms with van der Waals surface area (Å²) in [6, 6.07) is 6.29. The van der Waals surface area contributed by atoms with E-state index in [1.807, 2.05) is 6.08 Å². The largest absolute Gasteiger partial charge is 0.365 e. The van der Waals surface area contributed by atoms with E-state index >= 15 is 0 Å². The summed E-state index contributed by atoms with van der Waals surface area (Å²) in [6.07, 6.45) is 11.9. The van der Waals surface area contributed by atoms with Gasteiger partial charge in [-0.25, -0.2) is 4.39 Å². The standard InChI is InChI=1S/C31H41FO3/c1-5-6-22-17-23-18-31(34,35-19-21-7-9-24(32)10-8-21)16-15-29(23,3)27-13-14-30(4)25(20(2)33)11-12-26(30)28(22)27/h5,7-10,17,22,25-28,34H,1,6,11-16,18-19H2,2-4H3/t22?,25-,26+,27+,28+,29+,30-,31?/m1/s1. The first kappa shape index (κ1) is 24.9. The fourth-order valence-corrected chi connectivity index (χ4v) is 8.79. The van der Waals surface area contributed by atoms with Gasteiger partial charge < -0.3 is 9.84 Å². The molecule has 1 aromatic rings. The van der Waals surface area contributed by atoms with Crippen LogP contribution < -0.4 is 0 Å². The Labute approximate surface area is 209 Å². The average Bonchev–Trinajstić information content (AvgIpc) is 3.17. The molecule has 3 saturated carbocycles. The summed E-state index contributed by atoms with van der Waals surface area (Å²) in [4.78, 5) is 12.5. The second-order valence-corrected chi connectivity index (χ2v) is 12.4. The molecule has 3 fully saturated rings. The molecule has 0 heterocycles. The third-order valence-corrected chi connectivity index (χ3v) is 10.6. The summed E-state index contributed by atoms with van der Waals surface area (Å²) in [6.45, 7) is 10.9. The van der Waals surface area contributed by atoms with Crippen molar-refractivity contribution in [2.75, 3.05) is 0 Å². The van der Waals surface area contributed by atoms with Gasteiger partial charge in [0.15, 0.2) is 5.79 Å². The molecule has 5 rings (SSSR count). The Morgan fingerprint density at radius 1 is 1.14 bits per heavy atom. The van der Waals surface area contributed by atoms with Gasteiger partial charge in [-0.15, -0.1) is 6.58 Å². The molecule has 0 saturated heterocycles. The van der Waals surface area contributed by atoms with Crippen molar-refractivity contribution in [3.05, 3.63) is 60.0 Å². The zero-order chi connectivity index (χ0) is 25.0. The third kappa shape index (κ3) is 4.15. The Morgan fingerprint density at radius 2 is 1.89 bits per heavy atom. The van der Waals surface area contributed by atoms with Crippen LogP contribution in [0.3, 0.4) is 0 Å². The molecule has 3 nitrogen and oxygen atoms in total. The van der Waals surface area contributed by atoms with Crippen molar-refractivity contribution in [1.82, 2.24) is 0 Å². The van der Waals surface area contributed by atoms with Crippen LogP contribution in [0.15, 0.2) is 48.6 Å². The Hall–Kier alpha value is -1.78. The topological polar surface area (TPSA) is 46.5 Å². The molecule has 0 aromatic heterocycles. The van der Waals surface area contributed by atoms with Crippen LogP contribution in [-0.2, 0) is 16.1 Å². The first-order chi connectivity index (χ1) is 16.6. The van der Waals surface area contributed by atoms with Gasteiger partial charge in [0.2, 0.25) is 0 Å². The van der Waals surface area contributed by atoms with E-state index in [4.69, 9.17) is 4.74 Å². The molecule has 35 heavy (non-hydrogen) atoms. The van der Waals surface area contributed by atoms with Crippen LogP contribution in [0.5, 0.6) is 0 Å². The van der Waals surface area contributed by atoms with E-state index in [1.165, 1.54) is 17.7 Å². The highest BCUT2D eigenvalue weighted by atomic mass is 19.1. The molecule has 4 aliphatic carbocycles. The van der Waals surface area contributed by atoms with Crippen molar-refractivity contribution in [1.29, 1.82) is 0 Å². The van der Waals surface area contributed by atoms with E-state index < -0.39 is 5.79 Å². The molecular formula is C31H41FO3. The molecule has 0 bridgehead atoms. The van der Waals surface area contributed by atoms with Gasteiger partial charge in [0, 0.05) is 18.8 Å². The molecule has 0 spiro atoms. The molecule has 1 aromatic carbocycles. The lowest BCUT2D eigenvalue weighted by atomic mass is 9.45. The van der Waals surface area contributed by atoms with Gasteiger partial charge in [0.05, 0.1) is 6.61 Å². The van der Waals surface area contributed by atoms with Gasteiger partial charge in [-0.05, 0) is 97.6 Å². The number of benzene rings is 1. The van der Waals surface area contributed by atoms with Crippen LogP contribution >= 0.6 is 0 Å². The molecule has 190 valence electrons. The van der Waals surface area contributed by atoms with Crippen molar-refractivity contribution < 1.29 is 19.0 Å². The second-order valence-electron chi connectivity index (χ2n) is 12.4. The first-order valence-corrected chi connectivity index (χ1v) is 13.5. The van der Waals surface area contributed by atoms with E-state index in [0.29, 0.717) is 42.3 Å². The molecule has 0 aliphatic heterocycles. The summed E-state index contributed by atoms with van der Waals surface area (Å²) >= 11 is 0. The Kier molecular flexibility index (Phi) is 6.37. The third-order valence-electron chi connectivity index (χ3n) is 10.6. The lowest BCUT2D eigenvalue weighted by molar-refractivity contribution is -0.232. The quantitative estimate of drug-likeness (QED) is 0.352. The number of halogens is 1. The Bertz CT molecular complexity index is 1010. The molecule has 1 N–H and O–H groups in total. The lowest BCUT2D eigenvalue weighted by Gasteiger charge is -2.60. The Morgan fingerprint density at radius 3 is 2.57 bits per heavy atom. The fourth-order valence-electron chi connectivity index (χ4n) is 8.79. The maximum Gasteiger partial charge on any atom is 0.169 e. The van der Waals surface area contributed by atoms with Crippen LogP contribution in [0.25, 0.3) is 0 Å².